The van der Waals surface area contributed by atoms with Crippen molar-refractivity contribution in [1.82, 2.24) is 4.98 Å². The van der Waals surface area contributed by atoms with Crippen LogP contribution in [0.15, 0.2) is 28.4 Å². The molecule has 106 valence electrons. The molecule has 0 aliphatic heterocycles. The molecule has 0 unspecified atom stereocenters. The maximum absolute atomic E-state index is 9.31. The van der Waals surface area contributed by atoms with Crippen LogP contribution < -0.4 is 0 Å². The molecule has 2 aromatic rings. The molecule has 4 heteroatoms. The standard InChI is InChI=1S/C17H15ClN2O/c1-10-14-12(7-11(9-19)8-17(14,2)3)15(20-16(10)18)13-5-4-6-21-13/h4-7H,8H2,1-3H3. The van der Waals surface area contributed by atoms with E-state index in [0.717, 1.165) is 22.3 Å². The van der Waals surface area contributed by atoms with E-state index in [1.54, 1.807) is 6.26 Å². The van der Waals surface area contributed by atoms with Crippen LogP contribution in [0.5, 0.6) is 0 Å². The van der Waals surface area contributed by atoms with E-state index < -0.39 is 0 Å². The van der Waals surface area contributed by atoms with Gasteiger partial charge in [-0.15, -0.1) is 0 Å². The summed E-state index contributed by atoms with van der Waals surface area (Å²) in [7, 11) is 0. The highest BCUT2D eigenvalue weighted by atomic mass is 35.5. The van der Waals surface area contributed by atoms with Crippen LogP contribution in [0.25, 0.3) is 17.5 Å². The normalized spacial score (nSPS) is 16.0. The summed E-state index contributed by atoms with van der Waals surface area (Å²) >= 11 is 6.33. The highest BCUT2D eigenvalue weighted by molar-refractivity contribution is 6.30. The van der Waals surface area contributed by atoms with Crippen LogP contribution in [0.2, 0.25) is 5.15 Å². The Bertz CT molecular complexity index is 780. The number of hydrogen-bond donors (Lipinski definition) is 0. The third kappa shape index (κ3) is 2.16. The summed E-state index contributed by atoms with van der Waals surface area (Å²) in [6, 6.07) is 5.95. The van der Waals surface area contributed by atoms with E-state index in [1.165, 1.54) is 0 Å². The lowest BCUT2D eigenvalue weighted by molar-refractivity contribution is 0.515. The highest BCUT2D eigenvalue weighted by Gasteiger charge is 2.33. The minimum absolute atomic E-state index is 0.160. The van der Waals surface area contributed by atoms with Crippen molar-refractivity contribution in [2.75, 3.05) is 0 Å². The highest BCUT2D eigenvalue weighted by Crippen LogP contribution is 2.44. The fourth-order valence-electron chi connectivity index (χ4n) is 3.14. The van der Waals surface area contributed by atoms with E-state index in [1.807, 2.05) is 25.1 Å². The first-order valence-electron chi connectivity index (χ1n) is 6.79. The van der Waals surface area contributed by atoms with Gasteiger partial charge in [-0.05, 0) is 48.1 Å². The molecule has 0 spiro atoms. The Morgan fingerprint density at radius 2 is 2.19 bits per heavy atom. The van der Waals surface area contributed by atoms with E-state index in [4.69, 9.17) is 16.0 Å². The molecular formula is C17H15ClN2O. The number of hydrogen-bond acceptors (Lipinski definition) is 3. The van der Waals surface area contributed by atoms with Crippen molar-refractivity contribution in [3.05, 3.63) is 45.8 Å². The number of aromatic nitrogens is 1. The van der Waals surface area contributed by atoms with Gasteiger partial charge in [-0.1, -0.05) is 25.4 Å². The summed E-state index contributed by atoms with van der Waals surface area (Å²) in [5, 5.41) is 9.79. The topological polar surface area (TPSA) is 49.8 Å². The predicted octanol–water partition coefficient (Wildman–Crippen LogP) is 4.89. The minimum atomic E-state index is -0.160. The Morgan fingerprint density at radius 3 is 2.81 bits per heavy atom. The summed E-state index contributed by atoms with van der Waals surface area (Å²) < 4.78 is 5.48. The van der Waals surface area contributed by atoms with Gasteiger partial charge in [0, 0.05) is 11.1 Å². The lowest BCUT2D eigenvalue weighted by atomic mass is 9.71. The number of furan rings is 1. The van der Waals surface area contributed by atoms with Gasteiger partial charge >= 0.3 is 0 Å². The monoisotopic (exact) mass is 298 g/mol. The summed E-state index contributed by atoms with van der Waals surface area (Å²) in [4.78, 5) is 4.48. The minimum Gasteiger partial charge on any atom is -0.463 e. The largest absolute Gasteiger partial charge is 0.463 e. The molecule has 3 rings (SSSR count). The first kappa shape index (κ1) is 13.9. The SMILES string of the molecule is Cc1c(Cl)nc(-c2ccco2)c2c1C(C)(C)CC(C#N)=C2. The molecule has 0 fully saturated rings. The lowest BCUT2D eigenvalue weighted by Gasteiger charge is -2.33. The van der Waals surface area contributed by atoms with Crippen LogP contribution in [0.4, 0.5) is 0 Å². The number of allylic oxidation sites excluding steroid dienone is 1. The van der Waals surface area contributed by atoms with Gasteiger partial charge < -0.3 is 4.42 Å². The van der Waals surface area contributed by atoms with Crippen LogP contribution in [0.3, 0.4) is 0 Å². The summed E-state index contributed by atoms with van der Waals surface area (Å²) in [5.41, 5.74) is 4.36. The smallest absolute Gasteiger partial charge is 0.152 e. The van der Waals surface area contributed by atoms with E-state index in [0.29, 0.717) is 23.0 Å². The van der Waals surface area contributed by atoms with E-state index in [9.17, 15) is 5.26 Å². The molecule has 2 aromatic heterocycles. The second-order valence-electron chi connectivity index (χ2n) is 5.98. The van der Waals surface area contributed by atoms with Gasteiger partial charge in [0.25, 0.3) is 0 Å². The van der Waals surface area contributed by atoms with Gasteiger partial charge in [0.1, 0.15) is 10.8 Å². The number of rotatable bonds is 1. The van der Waals surface area contributed by atoms with E-state index >= 15 is 0 Å². The third-order valence-corrected chi connectivity index (χ3v) is 4.31. The van der Waals surface area contributed by atoms with E-state index in [-0.39, 0.29) is 5.41 Å². The molecule has 3 nitrogen and oxygen atoms in total. The van der Waals surface area contributed by atoms with Gasteiger partial charge in [-0.3, -0.25) is 0 Å². The number of nitrogens with zero attached hydrogens (tertiary/aromatic N) is 2. The zero-order valence-electron chi connectivity index (χ0n) is 12.2. The average molecular weight is 299 g/mol. The van der Waals surface area contributed by atoms with Crippen molar-refractivity contribution >= 4 is 17.7 Å². The quantitative estimate of drug-likeness (QED) is 0.704. The van der Waals surface area contributed by atoms with Crippen LogP contribution in [0.1, 0.15) is 37.0 Å². The second-order valence-corrected chi connectivity index (χ2v) is 6.34. The first-order valence-corrected chi connectivity index (χ1v) is 7.17. The van der Waals surface area contributed by atoms with Crippen molar-refractivity contribution in [2.45, 2.75) is 32.6 Å². The van der Waals surface area contributed by atoms with Crippen molar-refractivity contribution in [2.24, 2.45) is 0 Å². The molecule has 0 atom stereocenters. The predicted molar refractivity (Wildman–Crippen MR) is 82.9 cm³/mol. The Morgan fingerprint density at radius 1 is 1.43 bits per heavy atom. The van der Waals surface area contributed by atoms with Crippen LogP contribution in [0, 0.1) is 18.3 Å². The first-order chi connectivity index (χ1) is 9.94. The molecule has 0 saturated carbocycles. The number of nitriles is 1. The third-order valence-electron chi connectivity index (χ3n) is 3.94. The van der Waals surface area contributed by atoms with Crippen LogP contribution >= 0.6 is 11.6 Å². The molecule has 0 N–H and O–H groups in total. The Labute approximate surface area is 128 Å². The van der Waals surface area contributed by atoms with Crippen LogP contribution in [-0.4, -0.2) is 4.98 Å². The Kier molecular flexibility index (Phi) is 3.15. The summed E-state index contributed by atoms with van der Waals surface area (Å²) in [5.74, 6) is 0.666. The number of halogens is 1. The maximum Gasteiger partial charge on any atom is 0.152 e. The Balaban J connectivity index is 2.40. The molecule has 1 aliphatic carbocycles. The average Bonchev–Trinajstić information content (AvgIpc) is 2.95. The molecular weight excluding hydrogens is 284 g/mol. The van der Waals surface area contributed by atoms with E-state index in [2.05, 4.69) is 24.9 Å². The van der Waals surface area contributed by atoms with Crippen molar-refractivity contribution in [1.29, 1.82) is 5.26 Å². The number of fused-ring (bicyclic) bond motifs is 1. The fourth-order valence-corrected chi connectivity index (χ4v) is 3.32. The zero-order valence-corrected chi connectivity index (χ0v) is 13.0. The zero-order chi connectivity index (χ0) is 15.2. The fraction of sp³-hybridized carbons (Fsp3) is 0.294. The molecule has 0 amide bonds. The second kappa shape index (κ2) is 4.75. The molecule has 1 aliphatic rings. The summed E-state index contributed by atoms with van der Waals surface area (Å²) in [6.07, 6.45) is 4.23. The van der Waals surface area contributed by atoms with Crippen molar-refractivity contribution in [3.63, 3.8) is 0 Å². The van der Waals surface area contributed by atoms with Gasteiger partial charge in [0.05, 0.1) is 12.3 Å². The maximum atomic E-state index is 9.31. The summed E-state index contributed by atoms with van der Waals surface area (Å²) in [6.45, 7) is 6.24. The van der Waals surface area contributed by atoms with Gasteiger partial charge in [0.2, 0.25) is 0 Å². The lowest BCUT2D eigenvalue weighted by Crippen LogP contribution is -2.24. The molecule has 0 saturated heterocycles. The van der Waals surface area contributed by atoms with Gasteiger partial charge in [0.15, 0.2) is 5.76 Å². The van der Waals surface area contributed by atoms with Crippen LogP contribution in [-0.2, 0) is 5.41 Å². The molecule has 21 heavy (non-hydrogen) atoms. The van der Waals surface area contributed by atoms with Crippen molar-refractivity contribution in [3.8, 4) is 17.5 Å². The van der Waals surface area contributed by atoms with Crippen molar-refractivity contribution < 1.29 is 4.42 Å². The van der Waals surface area contributed by atoms with Gasteiger partial charge in [-0.2, -0.15) is 5.26 Å². The molecule has 0 radical (unpaired) electrons. The Hall–Kier alpha value is -2.05. The molecule has 2 heterocycles. The molecule has 0 bridgehead atoms. The molecule has 0 aromatic carbocycles. The van der Waals surface area contributed by atoms with Gasteiger partial charge in [-0.25, -0.2) is 4.98 Å². The number of pyridine rings is 1.